The van der Waals surface area contributed by atoms with Crippen molar-refractivity contribution in [3.05, 3.63) is 36.3 Å². The maximum absolute atomic E-state index is 11.5. The third-order valence-electron chi connectivity index (χ3n) is 3.31. The second-order valence-electron chi connectivity index (χ2n) is 5.08. The van der Waals surface area contributed by atoms with Crippen LogP contribution in [0.1, 0.15) is 12.7 Å². The number of fused-ring (bicyclic) bond motifs is 1. The summed E-state index contributed by atoms with van der Waals surface area (Å²) in [6.07, 6.45) is 1.54. The van der Waals surface area contributed by atoms with Gasteiger partial charge in [-0.15, -0.1) is 0 Å². The summed E-state index contributed by atoms with van der Waals surface area (Å²) in [5, 5.41) is 0.383. The van der Waals surface area contributed by atoms with Crippen molar-refractivity contribution in [2.75, 3.05) is 7.11 Å². The van der Waals surface area contributed by atoms with Crippen LogP contribution >= 0.6 is 11.3 Å². The number of benzene rings is 1. The Balaban J connectivity index is 2.24. The summed E-state index contributed by atoms with van der Waals surface area (Å²) < 4.78 is 33.2. The number of thiophene rings is 1. The van der Waals surface area contributed by atoms with Crippen LogP contribution in [0.3, 0.4) is 0 Å². The van der Waals surface area contributed by atoms with E-state index in [-0.39, 0.29) is 11.6 Å². The molecule has 0 aliphatic rings. The Bertz CT molecular complexity index is 1020. The van der Waals surface area contributed by atoms with Crippen LogP contribution < -0.4 is 9.47 Å². The molecule has 0 aliphatic heterocycles. The molecule has 0 saturated carbocycles. The molecular weight excluding hydrogens is 364 g/mol. The SMILES string of the molecule is COc1cccc(-c2c(OC(C)=O)sc3cnc(C[SH](=O)=O)nc23)c1. The summed E-state index contributed by atoms with van der Waals surface area (Å²) >= 11 is 1.23. The average Bonchev–Trinajstić information content (AvgIpc) is 2.90. The standard InChI is InChI=1S/C16H14N2O5S2/c1-9(19)23-16-14(10-4-3-5-11(6-10)22-2)15-12(24-16)7-17-13(18-15)8-25(20)21/h3-7,25H,8H2,1-2H3. The van der Waals surface area contributed by atoms with Gasteiger partial charge in [-0.2, -0.15) is 0 Å². The van der Waals surface area contributed by atoms with E-state index in [1.165, 1.54) is 24.5 Å². The summed E-state index contributed by atoms with van der Waals surface area (Å²) in [5.74, 6) is 0.135. The zero-order chi connectivity index (χ0) is 18.0. The Labute approximate surface area is 149 Å². The molecular formula is C16H14N2O5S2. The van der Waals surface area contributed by atoms with Gasteiger partial charge >= 0.3 is 5.97 Å². The first-order chi connectivity index (χ1) is 12.0. The van der Waals surface area contributed by atoms with Crippen molar-refractivity contribution in [2.45, 2.75) is 12.7 Å². The molecule has 9 heteroatoms. The van der Waals surface area contributed by atoms with Crippen molar-refractivity contribution >= 4 is 38.2 Å². The molecule has 0 amide bonds. The van der Waals surface area contributed by atoms with E-state index in [0.29, 0.717) is 26.6 Å². The minimum absolute atomic E-state index is 0.194. The molecule has 0 spiro atoms. The predicted molar refractivity (Wildman–Crippen MR) is 94.7 cm³/mol. The molecule has 7 nitrogen and oxygen atoms in total. The number of esters is 1. The number of aromatic nitrogens is 2. The van der Waals surface area contributed by atoms with E-state index in [1.54, 1.807) is 19.2 Å². The molecule has 2 aromatic heterocycles. The van der Waals surface area contributed by atoms with E-state index in [0.717, 1.165) is 5.56 Å². The van der Waals surface area contributed by atoms with Gasteiger partial charge in [-0.3, -0.25) is 4.79 Å². The normalized spacial score (nSPS) is 11.0. The van der Waals surface area contributed by atoms with Crippen LogP contribution in [0.2, 0.25) is 0 Å². The molecule has 0 radical (unpaired) electrons. The van der Waals surface area contributed by atoms with Crippen molar-refractivity contribution in [2.24, 2.45) is 0 Å². The first-order valence-corrected chi connectivity index (χ1v) is 9.39. The molecule has 25 heavy (non-hydrogen) atoms. The summed E-state index contributed by atoms with van der Waals surface area (Å²) in [7, 11) is -1.08. The third-order valence-corrected chi connectivity index (χ3v) is 4.85. The lowest BCUT2D eigenvalue weighted by Crippen LogP contribution is -2.01. The number of carbonyl (C=O) groups is 1. The van der Waals surface area contributed by atoms with Crippen molar-refractivity contribution in [3.8, 4) is 21.9 Å². The molecule has 0 aliphatic carbocycles. The molecule has 2 heterocycles. The Morgan fingerprint density at radius 1 is 1.32 bits per heavy atom. The number of nitrogens with zero attached hydrogens (tertiary/aromatic N) is 2. The molecule has 0 bridgehead atoms. The van der Waals surface area contributed by atoms with Gasteiger partial charge in [-0.1, -0.05) is 23.5 Å². The number of methoxy groups -OCH3 is 1. The van der Waals surface area contributed by atoms with E-state index in [1.807, 2.05) is 12.1 Å². The van der Waals surface area contributed by atoms with Crippen LogP contribution in [0, 0.1) is 0 Å². The molecule has 0 saturated heterocycles. The van der Waals surface area contributed by atoms with Gasteiger partial charge in [0.15, 0.2) is 5.06 Å². The summed E-state index contributed by atoms with van der Waals surface area (Å²) in [5.41, 5.74) is 1.90. The quantitative estimate of drug-likeness (QED) is 0.538. The number of hydrogen-bond donors (Lipinski definition) is 1. The number of rotatable bonds is 5. The maximum atomic E-state index is 11.5. The Hall–Kier alpha value is -2.52. The molecule has 3 rings (SSSR count). The molecule has 0 atom stereocenters. The van der Waals surface area contributed by atoms with Gasteiger partial charge in [0.25, 0.3) is 0 Å². The third kappa shape index (κ3) is 3.77. The van der Waals surface area contributed by atoms with Crippen molar-refractivity contribution in [3.63, 3.8) is 0 Å². The zero-order valence-electron chi connectivity index (χ0n) is 13.4. The van der Waals surface area contributed by atoms with Gasteiger partial charge in [0.1, 0.15) is 28.0 Å². The van der Waals surface area contributed by atoms with Gasteiger partial charge < -0.3 is 9.47 Å². The fourth-order valence-corrected chi connectivity index (χ4v) is 3.74. The van der Waals surface area contributed by atoms with Gasteiger partial charge in [-0.05, 0) is 17.7 Å². The van der Waals surface area contributed by atoms with Crippen LogP contribution in [-0.4, -0.2) is 31.5 Å². The average molecular weight is 378 g/mol. The second-order valence-corrected chi connectivity index (χ2v) is 7.08. The molecule has 0 unspecified atom stereocenters. The van der Waals surface area contributed by atoms with Gasteiger partial charge in [0.05, 0.1) is 22.9 Å². The number of hydrogen-bond acceptors (Lipinski definition) is 8. The lowest BCUT2D eigenvalue weighted by atomic mass is 10.1. The van der Waals surface area contributed by atoms with Gasteiger partial charge in [0, 0.05) is 13.1 Å². The minimum atomic E-state index is -2.64. The zero-order valence-corrected chi connectivity index (χ0v) is 15.1. The van der Waals surface area contributed by atoms with Crippen LogP contribution in [-0.2, 0) is 21.3 Å². The van der Waals surface area contributed by atoms with Crippen LogP contribution in [0.25, 0.3) is 21.3 Å². The molecule has 130 valence electrons. The summed E-state index contributed by atoms with van der Waals surface area (Å²) in [4.78, 5) is 19.9. The Morgan fingerprint density at radius 2 is 2.12 bits per heavy atom. The Kier molecular flexibility index (Phi) is 4.95. The first-order valence-electron chi connectivity index (χ1n) is 7.21. The van der Waals surface area contributed by atoms with Crippen molar-refractivity contribution in [1.29, 1.82) is 0 Å². The highest BCUT2D eigenvalue weighted by molar-refractivity contribution is 7.71. The van der Waals surface area contributed by atoms with E-state index < -0.39 is 16.7 Å². The number of thiol groups is 1. The molecule has 3 aromatic rings. The second kappa shape index (κ2) is 7.16. The topological polar surface area (TPSA) is 95.5 Å². The largest absolute Gasteiger partial charge is 0.497 e. The maximum Gasteiger partial charge on any atom is 0.308 e. The van der Waals surface area contributed by atoms with Gasteiger partial charge in [0.2, 0.25) is 0 Å². The lowest BCUT2D eigenvalue weighted by Gasteiger charge is -2.06. The van der Waals surface area contributed by atoms with Crippen LogP contribution in [0.4, 0.5) is 0 Å². The van der Waals surface area contributed by atoms with Crippen molar-refractivity contribution < 1.29 is 22.7 Å². The molecule has 0 fully saturated rings. The highest BCUT2D eigenvalue weighted by Gasteiger charge is 2.19. The Morgan fingerprint density at radius 3 is 2.80 bits per heavy atom. The monoisotopic (exact) mass is 378 g/mol. The van der Waals surface area contributed by atoms with E-state index in [2.05, 4.69) is 9.97 Å². The van der Waals surface area contributed by atoms with Gasteiger partial charge in [-0.25, -0.2) is 18.4 Å². The van der Waals surface area contributed by atoms with E-state index in [4.69, 9.17) is 9.47 Å². The summed E-state index contributed by atoms with van der Waals surface area (Å²) in [6, 6.07) is 7.25. The van der Waals surface area contributed by atoms with Crippen molar-refractivity contribution in [1.82, 2.24) is 9.97 Å². The fraction of sp³-hybridized carbons (Fsp3) is 0.188. The lowest BCUT2D eigenvalue weighted by molar-refractivity contribution is -0.131. The smallest absolute Gasteiger partial charge is 0.308 e. The van der Waals surface area contributed by atoms with Crippen LogP contribution in [0.15, 0.2) is 30.5 Å². The predicted octanol–water partition coefficient (Wildman–Crippen LogP) is 2.40. The fourth-order valence-electron chi connectivity index (χ4n) is 2.34. The van der Waals surface area contributed by atoms with E-state index >= 15 is 0 Å². The number of ether oxygens (including phenoxy) is 2. The molecule has 0 N–H and O–H groups in total. The first kappa shape index (κ1) is 17.3. The van der Waals surface area contributed by atoms with Crippen LogP contribution in [0.5, 0.6) is 10.8 Å². The highest BCUT2D eigenvalue weighted by Crippen LogP contribution is 2.44. The number of carbonyl (C=O) groups excluding carboxylic acids is 1. The molecule has 1 aromatic carbocycles. The minimum Gasteiger partial charge on any atom is -0.497 e. The summed E-state index contributed by atoms with van der Waals surface area (Å²) in [6.45, 7) is 1.32. The highest BCUT2D eigenvalue weighted by atomic mass is 32.2. The van der Waals surface area contributed by atoms with E-state index in [9.17, 15) is 13.2 Å².